The summed E-state index contributed by atoms with van der Waals surface area (Å²) in [5.74, 6) is -0.269. The number of likely N-dealkylation sites (N-methyl/N-ethyl adjacent to an activating group) is 1. The second kappa shape index (κ2) is 5.98. The lowest BCUT2D eigenvalue weighted by Crippen LogP contribution is -2.45. The summed E-state index contributed by atoms with van der Waals surface area (Å²) in [5.41, 5.74) is 1.49. The van der Waals surface area contributed by atoms with Crippen LogP contribution in [0.2, 0.25) is 0 Å². The van der Waals surface area contributed by atoms with Crippen LogP contribution >= 0.6 is 12.4 Å². The summed E-state index contributed by atoms with van der Waals surface area (Å²) in [6.07, 6.45) is 0.329. The van der Waals surface area contributed by atoms with Crippen molar-refractivity contribution in [2.24, 2.45) is 0 Å². The summed E-state index contributed by atoms with van der Waals surface area (Å²) in [7, 11) is 3.85. The van der Waals surface area contributed by atoms with Crippen LogP contribution < -0.4 is 0 Å². The molecular weight excluding hydrogens is 252 g/mol. The van der Waals surface area contributed by atoms with Gasteiger partial charge < -0.3 is 4.90 Å². The SMILES string of the molecule is CN(C)CCN1C(=O)Cc2ccccc2C1=O.Cl. The van der Waals surface area contributed by atoms with Crippen molar-refractivity contribution in [1.82, 2.24) is 9.80 Å². The van der Waals surface area contributed by atoms with Gasteiger partial charge in [-0.1, -0.05) is 18.2 Å². The van der Waals surface area contributed by atoms with Crippen LogP contribution in [0.5, 0.6) is 0 Å². The van der Waals surface area contributed by atoms with Gasteiger partial charge in [0.2, 0.25) is 5.91 Å². The summed E-state index contributed by atoms with van der Waals surface area (Å²) in [6.45, 7) is 1.15. The van der Waals surface area contributed by atoms with E-state index in [1.165, 1.54) is 4.90 Å². The van der Waals surface area contributed by atoms with Gasteiger partial charge in [0, 0.05) is 18.7 Å². The normalized spacial score (nSPS) is 14.5. The van der Waals surface area contributed by atoms with Gasteiger partial charge in [0.15, 0.2) is 0 Å². The Morgan fingerprint density at radius 1 is 1.22 bits per heavy atom. The summed E-state index contributed by atoms with van der Waals surface area (Å²) in [4.78, 5) is 27.3. The first-order valence-electron chi connectivity index (χ1n) is 5.67. The molecule has 1 aliphatic rings. The van der Waals surface area contributed by atoms with Gasteiger partial charge in [-0.05, 0) is 25.7 Å². The molecule has 0 aliphatic carbocycles. The fraction of sp³-hybridized carbons (Fsp3) is 0.385. The third kappa shape index (κ3) is 2.89. The second-order valence-electron chi connectivity index (χ2n) is 4.49. The van der Waals surface area contributed by atoms with Gasteiger partial charge in [-0.3, -0.25) is 14.5 Å². The lowest BCUT2D eigenvalue weighted by atomic mass is 9.98. The molecule has 0 spiro atoms. The molecule has 4 nitrogen and oxygen atoms in total. The quantitative estimate of drug-likeness (QED) is 0.774. The number of imide groups is 1. The van der Waals surface area contributed by atoms with E-state index in [-0.39, 0.29) is 24.2 Å². The maximum Gasteiger partial charge on any atom is 0.260 e. The third-order valence-corrected chi connectivity index (χ3v) is 2.91. The van der Waals surface area contributed by atoms with Crippen LogP contribution in [-0.2, 0) is 11.2 Å². The van der Waals surface area contributed by atoms with Crippen LogP contribution in [0.4, 0.5) is 0 Å². The van der Waals surface area contributed by atoms with E-state index in [0.717, 1.165) is 5.56 Å². The molecule has 0 fully saturated rings. The van der Waals surface area contributed by atoms with Gasteiger partial charge in [0.25, 0.3) is 5.91 Å². The topological polar surface area (TPSA) is 40.6 Å². The molecule has 0 unspecified atom stereocenters. The molecule has 0 radical (unpaired) electrons. The number of carbonyl (C=O) groups is 2. The van der Waals surface area contributed by atoms with Crippen molar-refractivity contribution in [3.8, 4) is 0 Å². The molecule has 1 heterocycles. The van der Waals surface area contributed by atoms with Crippen LogP contribution in [0.15, 0.2) is 24.3 Å². The van der Waals surface area contributed by atoms with Crippen LogP contribution in [-0.4, -0.2) is 48.8 Å². The zero-order valence-corrected chi connectivity index (χ0v) is 11.4. The van der Waals surface area contributed by atoms with Crippen molar-refractivity contribution >= 4 is 24.2 Å². The lowest BCUT2D eigenvalue weighted by molar-refractivity contribution is -0.128. The highest BCUT2D eigenvalue weighted by Crippen LogP contribution is 2.19. The number of hydrogen-bond donors (Lipinski definition) is 0. The van der Waals surface area contributed by atoms with Gasteiger partial charge in [0.05, 0.1) is 6.42 Å². The minimum Gasteiger partial charge on any atom is -0.308 e. The largest absolute Gasteiger partial charge is 0.308 e. The average molecular weight is 269 g/mol. The first-order chi connectivity index (χ1) is 8.09. The number of fused-ring (bicyclic) bond motifs is 1. The molecule has 0 N–H and O–H groups in total. The van der Waals surface area contributed by atoms with E-state index in [4.69, 9.17) is 0 Å². The average Bonchev–Trinajstić information content (AvgIpc) is 2.28. The highest BCUT2D eigenvalue weighted by Gasteiger charge is 2.29. The van der Waals surface area contributed by atoms with E-state index in [1.54, 1.807) is 6.07 Å². The number of rotatable bonds is 3. The molecular formula is C13H17ClN2O2. The van der Waals surface area contributed by atoms with E-state index < -0.39 is 0 Å². The van der Waals surface area contributed by atoms with Gasteiger partial charge in [-0.15, -0.1) is 12.4 Å². The predicted octanol–water partition coefficient (Wildman–Crippen LogP) is 1.19. The van der Waals surface area contributed by atoms with Crippen molar-refractivity contribution in [1.29, 1.82) is 0 Å². The minimum atomic E-state index is -0.168. The van der Waals surface area contributed by atoms with E-state index >= 15 is 0 Å². The van der Waals surface area contributed by atoms with Crippen LogP contribution in [0.1, 0.15) is 15.9 Å². The Bertz CT molecular complexity index is 460. The van der Waals surface area contributed by atoms with Crippen molar-refractivity contribution in [3.63, 3.8) is 0 Å². The van der Waals surface area contributed by atoms with Crippen LogP contribution in [0.25, 0.3) is 0 Å². The maximum atomic E-state index is 12.1. The van der Waals surface area contributed by atoms with Crippen LogP contribution in [0.3, 0.4) is 0 Å². The molecule has 0 atom stereocenters. The summed E-state index contributed by atoms with van der Waals surface area (Å²) >= 11 is 0. The van der Waals surface area contributed by atoms with Crippen molar-refractivity contribution in [2.75, 3.05) is 27.2 Å². The number of hydrogen-bond acceptors (Lipinski definition) is 3. The molecule has 2 rings (SSSR count). The first kappa shape index (κ1) is 14.7. The molecule has 18 heavy (non-hydrogen) atoms. The molecule has 0 saturated carbocycles. The fourth-order valence-electron chi connectivity index (χ4n) is 1.93. The van der Waals surface area contributed by atoms with Crippen molar-refractivity contribution in [3.05, 3.63) is 35.4 Å². The molecule has 1 aromatic carbocycles. The standard InChI is InChI=1S/C13H16N2O2.ClH/c1-14(2)7-8-15-12(16)9-10-5-3-4-6-11(10)13(15)17;/h3-6H,7-9H2,1-2H3;1H. The molecule has 1 aliphatic heterocycles. The third-order valence-electron chi connectivity index (χ3n) is 2.91. The van der Waals surface area contributed by atoms with E-state index in [1.807, 2.05) is 37.2 Å². The molecule has 0 aromatic heterocycles. The predicted molar refractivity (Wildman–Crippen MR) is 72.0 cm³/mol. The van der Waals surface area contributed by atoms with Crippen molar-refractivity contribution in [2.45, 2.75) is 6.42 Å². The van der Waals surface area contributed by atoms with Gasteiger partial charge in [-0.2, -0.15) is 0 Å². The fourth-order valence-corrected chi connectivity index (χ4v) is 1.93. The summed E-state index contributed by atoms with van der Waals surface area (Å²) in [5, 5.41) is 0. The molecule has 2 amide bonds. The Morgan fingerprint density at radius 2 is 1.89 bits per heavy atom. The number of amides is 2. The number of halogens is 1. The van der Waals surface area contributed by atoms with Crippen molar-refractivity contribution < 1.29 is 9.59 Å². The Kier molecular flexibility index (Phi) is 4.87. The van der Waals surface area contributed by atoms with Crippen LogP contribution in [0, 0.1) is 0 Å². The number of benzene rings is 1. The highest BCUT2D eigenvalue weighted by atomic mass is 35.5. The Hall–Kier alpha value is -1.39. The molecule has 0 saturated heterocycles. The highest BCUT2D eigenvalue weighted by molar-refractivity contribution is 6.09. The molecule has 0 bridgehead atoms. The zero-order chi connectivity index (χ0) is 12.4. The monoisotopic (exact) mass is 268 g/mol. The molecule has 98 valence electrons. The Morgan fingerprint density at radius 3 is 2.56 bits per heavy atom. The van der Waals surface area contributed by atoms with E-state index in [0.29, 0.717) is 25.1 Å². The minimum absolute atomic E-state index is 0. The number of nitrogens with zero attached hydrogens (tertiary/aromatic N) is 2. The molecule has 5 heteroatoms. The smallest absolute Gasteiger partial charge is 0.260 e. The molecule has 1 aromatic rings. The lowest BCUT2D eigenvalue weighted by Gasteiger charge is -2.27. The Labute approximate surface area is 113 Å². The maximum absolute atomic E-state index is 12.1. The van der Waals surface area contributed by atoms with E-state index in [9.17, 15) is 9.59 Å². The Balaban J connectivity index is 0.00000162. The first-order valence-corrected chi connectivity index (χ1v) is 5.67. The second-order valence-corrected chi connectivity index (χ2v) is 4.49. The van der Waals surface area contributed by atoms with Gasteiger partial charge >= 0.3 is 0 Å². The number of carbonyl (C=O) groups excluding carboxylic acids is 2. The summed E-state index contributed by atoms with van der Waals surface area (Å²) < 4.78 is 0. The van der Waals surface area contributed by atoms with E-state index in [2.05, 4.69) is 0 Å². The zero-order valence-electron chi connectivity index (χ0n) is 10.5. The van der Waals surface area contributed by atoms with Gasteiger partial charge in [0.1, 0.15) is 0 Å². The van der Waals surface area contributed by atoms with Gasteiger partial charge in [-0.25, -0.2) is 0 Å². The summed E-state index contributed by atoms with van der Waals surface area (Å²) in [6, 6.07) is 7.31.